The number of carbonyl (C=O) groups is 2. The predicted octanol–water partition coefficient (Wildman–Crippen LogP) is 2.02. The number of hydrogen-bond acceptors (Lipinski definition) is 5. The Kier molecular flexibility index (Phi) is 6.61. The van der Waals surface area contributed by atoms with E-state index in [9.17, 15) is 27.5 Å². The van der Waals surface area contributed by atoms with Crippen LogP contribution in [-0.4, -0.2) is 60.3 Å². The summed E-state index contributed by atoms with van der Waals surface area (Å²) in [7, 11) is -4.09. The van der Waals surface area contributed by atoms with E-state index >= 15 is 0 Å². The number of sulfonamides is 1. The van der Waals surface area contributed by atoms with Gasteiger partial charge in [0.2, 0.25) is 15.9 Å². The third kappa shape index (κ3) is 5.02. The zero-order chi connectivity index (χ0) is 22.8. The Morgan fingerprint density at radius 2 is 1.84 bits per heavy atom. The number of carboxylic acids is 1. The number of benzene rings is 2. The first kappa shape index (κ1) is 22.7. The normalized spacial score (nSPS) is 17.4. The molecule has 0 spiro atoms. The zero-order valence-electron chi connectivity index (χ0n) is 17.1. The van der Waals surface area contributed by atoms with Gasteiger partial charge in [0.25, 0.3) is 0 Å². The third-order valence-corrected chi connectivity index (χ3v) is 7.12. The lowest BCUT2D eigenvalue weighted by Gasteiger charge is -2.38. The van der Waals surface area contributed by atoms with Crippen molar-refractivity contribution < 1.29 is 32.2 Å². The number of piperazine rings is 1. The first-order valence-corrected chi connectivity index (χ1v) is 11.0. The topological polar surface area (TPSA) is 104 Å². The standard InChI is InChI=1S/C21H23FN2O6S/c1-14-3-4-17(22)11-16(14)13-30-18-5-7-19(8-6-18)31(28,29)24-10-9-23(15(2)25)12-20(24)21(26)27/h3-8,11,20H,9-10,12-13H2,1-2H3,(H,26,27). The third-order valence-electron chi connectivity index (χ3n) is 5.20. The predicted molar refractivity (Wildman–Crippen MR) is 109 cm³/mol. The Morgan fingerprint density at radius 1 is 1.16 bits per heavy atom. The summed E-state index contributed by atoms with van der Waals surface area (Å²) in [6.07, 6.45) is 0. The highest BCUT2D eigenvalue weighted by Gasteiger charge is 2.40. The minimum Gasteiger partial charge on any atom is -0.489 e. The van der Waals surface area contributed by atoms with E-state index in [-0.39, 0.29) is 42.9 Å². The van der Waals surface area contributed by atoms with Crippen LogP contribution in [0.5, 0.6) is 5.75 Å². The Hall–Kier alpha value is -2.98. The lowest BCUT2D eigenvalue weighted by Crippen LogP contribution is -2.58. The van der Waals surface area contributed by atoms with Gasteiger partial charge in [-0.05, 0) is 54.4 Å². The molecule has 1 aliphatic heterocycles. The van der Waals surface area contributed by atoms with Crippen LogP contribution in [0.1, 0.15) is 18.1 Å². The molecular formula is C21H23FN2O6S. The highest BCUT2D eigenvalue weighted by Crippen LogP contribution is 2.24. The molecule has 1 amide bonds. The number of aliphatic carboxylic acids is 1. The highest BCUT2D eigenvalue weighted by molar-refractivity contribution is 7.89. The van der Waals surface area contributed by atoms with E-state index in [2.05, 4.69) is 0 Å². The van der Waals surface area contributed by atoms with Crippen LogP contribution in [0.3, 0.4) is 0 Å². The summed E-state index contributed by atoms with van der Waals surface area (Å²) in [6.45, 7) is 3.05. The molecule has 10 heteroatoms. The van der Waals surface area contributed by atoms with Crippen molar-refractivity contribution in [1.82, 2.24) is 9.21 Å². The van der Waals surface area contributed by atoms with Gasteiger partial charge in [-0.1, -0.05) is 6.07 Å². The summed E-state index contributed by atoms with van der Waals surface area (Å²) in [5.41, 5.74) is 1.54. The number of hydrogen-bond donors (Lipinski definition) is 1. The Bertz CT molecular complexity index is 1090. The van der Waals surface area contributed by atoms with Crippen LogP contribution in [0, 0.1) is 12.7 Å². The molecule has 0 bridgehead atoms. The molecule has 166 valence electrons. The van der Waals surface area contributed by atoms with Gasteiger partial charge in [0, 0.05) is 26.6 Å². The number of ether oxygens (including phenoxy) is 1. The van der Waals surface area contributed by atoms with Gasteiger partial charge < -0.3 is 14.7 Å². The molecule has 3 rings (SSSR count). The average molecular weight is 450 g/mol. The van der Waals surface area contributed by atoms with Gasteiger partial charge in [-0.2, -0.15) is 4.31 Å². The maximum Gasteiger partial charge on any atom is 0.323 e. The van der Waals surface area contributed by atoms with Crippen molar-refractivity contribution in [2.45, 2.75) is 31.4 Å². The van der Waals surface area contributed by atoms with Crippen molar-refractivity contribution in [3.63, 3.8) is 0 Å². The van der Waals surface area contributed by atoms with E-state index in [0.717, 1.165) is 9.87 Å². The van der Waals surface area contributed by atoms with E-state index in [1.54, 1.807) is 6.07 Å². The van der Waals surface area contributed by atoms with Crippen LogP contribution in [-0.2, 0) is 26.2 Å². The second-order valence-electron chi connectivity index (χ2n) is 7.27. The Labute approximate surface area is 179 Å². The molecule has 8 nitrogen and oxygen atoms in total. The quantitative estimate of drug-likeness (QED) is 0.722. The highest BCUT2D eigenvalue weighted by atomic mass is 32.2. The van der Waals surface area contributed by atoms with E-state index in [1.807, 2.05) is 6.92 Å². The van der Waals surface area contributed by atoms with Crippen LogP contribution in [0.4, 0.5) is 4.39 Å². The first-order valence-electron chi connectivity index (χ1n) is 9.57. The smallest absolute Gasteiger partial charge is 0.323 e. The van der Waals surface area contributed by atoms with Gasteiger partial charge in [-0.15, -0.1) is 0 Å². The van der Waals surface area contributed by atoms with Crippen molar-refractivity contribution in [3.05, 3.63) is 59.4 Å². The van der Waals surface area contributed by atoms with Gasteiger partial charge in [0.1, 0.15) is 24.2 Å². The number of nitrogens with zero attached hydrogens (tertiary/aromatic N) is 2. The van der Waals surface area contributed by atoms with Crippen LogP contribution in [0.25, 0.3) is 0 Å². The van der Waals surface area contributed by atoms with Crippen molar-refractivity contribution >= 4 is 21.9 Å². The second kappa shape index (κ2) is 9.03. The average Bonchev–Trinajstić information content (AvgIpc) is 2.74. The molecule has 31 heavy (non-hydrogen) atoms. The first-order chi connectivity index (χ1) is 14.6. The van der Waals surface area contributed by atoms with Crippen molar-refractivity contribution in [3.8, 4) is 5.75 Å². The summed E-state index contributed by atoms with van der Waals surface area (Å²) in [5, 5.41) is 9.49. The fourth-order valence-electron chi connectivity index (χ4n) is 3.34. The molecule has 1 N–H and O–H groups in total. The second-order valence-corrected chi connectivity index (χ2v) is 9.16. The molecule has 1 heterocycles. The molecule has 1 fully saturated rings. The SMILES string of the molecule is CC(=O)N1CCN(S(=O)(=O)c2ccc(OCc3cc(F)ccc3C)cc2)C(C(=O)O)C1. The van der Waals surface area contributed by atoms with Gasteiger partial charge in [0.05, 0.1) is 4.90 Å². The molecule has 0 radical (unpaired) electrons. The van der Waals surface area contributed by atoms with E-state index in [1.165, 1.54) is 48.2 Å². The van der Waals surface area contributed by atoms with E-state index in [0.29, 0.717) is 11.3 Å². The number of aryl methyl sites for hydroxylation is 1. The van der Waals surface area contributed by atoms with Crippen molar-refractivity contribution in [1.29, 1.82) is 0 Å². The minimum absolute atomic E-state index is 0.0793. The fraction of sp³-hybridized carbons (Fsp3) is 0.333. The number of rotatable bonds is 6. The summed E-state index contributed by atoms with van der Waals surface area (Å²) < 4.78 is 46.0. The number of halogens is 1. The van der Waals surface area contributed by atoms with Gasteiger partial charge >= 0.3 is 5.97 Å². The van der Waals surface area contributed by atoms with E-state index in [4.69, 9.17) is 4.74 Å². The number of carboxylic acid groups (broad SMARTS) is 1. The molecule has 2 aromatic rings. The summed E-state index contributed by atoms with van der Waals surface area (Å²) in [6, 6.07) is 8.61. The minimum atomic E-state index is -4.09. The van der Waals surface area contributed by atoms with Crippen LogP contribution in [0.2, 0.25) is 0 Å². The van der Waals surface area contributed by atoms with Crippen molar-refractivity contribution in [2.24, 2.45) is 0 Å². The Balaban J connectivity index is 1.75. The van der Waals surface area contributed by atoms with Crippen LogP contribution in [0.15, 0.2) is 47.4 Å². The molecule has 2 aromatic carbocycles. The molecule has 1 saturated heterocycles. The van der Waals surface area contributed by atoms with Gasteiger partial charge in [-0.3, -0.25) is 9.59 Å². The monoisotopic (exact) mass is 450 g/mol. The van der Waals surface area contributed by atoms with Gasteiger partial charge in [0.15, 0.2) is 0 Å². The lowest BCUT2D eigenvalue weighted by molar-refractivity contribution is -0.145. The fourth-order valence-corrected chi connectivity index (χ4v) is 4.91. The van der Waals surface area contributed by atoms with Crippen LogP contribution >= 0.6 is 0 Å². The summed E-state index contributed by atoms with van der Waals surface area (Å²) in [4.78, 5) is 24.4. The van der Waals surface area contributed by atoms with Gasteiger partial charge in [-0.25, -0.2) is 12.8 Å². The summed E-state index contributed by atoms with van der Waals surface area (Å²) >= 11 is 0. The molecule has 0 aliphatic carbocycles. The molecule has 1 aliphatic rings. The summed E-state index contributed by atoms with van der Waals surface area (Å²) in [5.74, 6) is -1.61. The van der Waals surface area contributed by atoms with E-state index < -0.39 is 22.0 Å². The molecular weight excluding hydrogens is 427 g/mol. The number of amides is 1. The van der Waals surface area contributed by atoms with Crippen molar-refractivity contribution in [2.75, 3.05) is 19.6 Å². The zero-order valence-corrected chi connectivity index (χ0v) is 17.9. The Morgan fingerprint density at radius 3 is 2.45 bits per heavy atom. The van der Waals surface area contributed by atoms with Crippen LogP contribution < -0.4 is 4.74 Å². The molecule has 0 aromatic heterocycles. The largest absolute Gasteiger partial charge is 0.489 e. The lowest BCUT2D eigenvalue weighted by atomic mass is 10.1. The molecule has 1 unspecified atom stereocenters. The maximum absolute atomic E-state index is 13.4. The molecule has 1 atom stereocenters. The molecule has 0 saturated carbocycles. The number of carbonyl (C=O) groups excluding carboxylic acids is 1. The maximum atomic E-state index is 13.4.